The molecule has 282 valence electrons. The van der Waals surface area contributed by atoms with Crippen molar-refractivity contribution >= 4 is 23.0 Å². The summed E-state index contributed by atoms with van der Waals surface area (Å²) in [6, 6.07) is 26.1. The molecule has 0 atom stereocenters. The van der Waals surface area contributed by atoms with Crippen molar-refractivity contribution in [3.63, 3.8) is 0 Å². The average Bonchev–Trinajstić information content (AvgIpc) is 3.79. The molecule has 0 saturated heterocycles. The highest BCUT2D eigenvalue weighted by molar-refractivity contribution is 6.05. The summed E-state index contributed by atoms with van der Waals surface area (Å²) in [5, 5.41) is 4.90. The Balaban J connectivity index is 0.00000136. The Morgan fingerprint density at radius 1 is 0.630 bits per heavy atom. The van der Waals surface area contributed by atoms with Gasteiger partial charge < -0.3 is 4.90 Å². The van der Waals surface area contributed by atoms with E-state index in [9.17, 15) is 0 Å². The van der Waals surface area contributed by atoms with E-state index in [1.54, 1.807) is 0 Å². The van der Waals surface area contributed by atoms with Crippen LogP contribution in [0.15, 0.2) is 82.9 Å². The van der Waals surface area contributed by atoms with Crippen molar-refractivity contribution in [2.75, 3.05) is 4.90 Å². The predicted octanol–water partition coefficient (Wildman–Crippen LogP) is 9.71. The molecule has 3 aromatic carbocycles. The highest BCUT2D eigenvalue weighted by Crippen LogP contribution is 2.32. The minimum absolute atomic E-state index is 0.762. The first-order valence-electron chi connectivity index (χ1n) is 19.9. The summed E-state index contributed by atoms with van der Waals surface area (Å²) in [7, 11) is 2.18. The van der Waals surface area contributed by atoms with Crippen LogP contribution < -0.4 is 19.5 Å². The lowest BCUT2D eigenvalue weighted by atomic mass is 9.89. The molecule has 0 unspecified atom stereocenters. The van der Waals surface area contributed by atoms with E-state index in [1.165, 1.54) is 84.1 Å². The van der Waals surface area contributed by atoms with Gasteiger partial charge in [-0.15, -0.1) is 0 Å². The molecule has 0 saturated carbocycles. The van der Waals surface area contributed by atoms with Crippen LogP contribution in [0.3, 0.4) is 0 Å². The first-order chi connectivity index (χ1) is 26.0. The number of hydrogen-bond donors (Lipinski definition) is 1. The van der Waals surface area contributed by atoms with E-state index in [0.717, 1.165) is 49.7 Å². The largest absolute Gasteiger partial charge is 0.323 e. The molecule has 0 fully saturated rings. The molecule has 6 nitrogen and oxygen atoms in total. The summed E-state index contributed by atoms with van der Waals surface area (Å²) in [5.41, 5.74) is 24.6. The highest BCUT2D eigenvalue weighted by atomic mass is 15.4. The van der Waals surface area contributed by atoms with Crippen molar-refractivity contribution in [1.29, 1.82) is 0 Å². The molecular formula is C48H62N6+2. The van der Waals surface area contributed by atoms with Gasteiger partial charge in [-0.3, -0.25) is 5.43 Å². The Kier molecular flexibility index (Phi) is 12.9. The molecule has 6 heteroatoms. The number of aromatic nitrogens is 2. The molecule has 0 amide bonds. The number of fused-ring (bicyclic) bond motifs is 2. The number of rotatable bonds is 7. The molecule has 2 aliphatic rings. The van der Waals surface area contributed by atoms with E-state index in [4.69, 9.17) is 10.1 Å². The molecule has 4 heterocycles. The van der Waals surface area contributed by atoms with E-state index < -0.39 is 0 Å². The third-order valence-corrected chi connectivity index (χ3v) is 11.7. The van der Waals surface area contributed by atoms with E-state index in [0.29, 0.717) is 0 Å². The van der Waals surface area contributed by atoms with Crippen molar-refractivity contribution in [1.82, 2.24) is 5.43 Å². The number of nitrogens with one attached hydrogen (secondary N) is 1. The molecule has 2 aliphatic heterocycles. The number of anilines is 1. The molecule has 7 rings (SSSR count). The number of hydrazone groups is 1. The first-order valence-corrected chi connectivity index (χ1v) is 19.9. The van der Waals surface area contributed by atoms with Crippen molar-refractivity contribution < 1.29 is 9.13 Å². The number of benzene rings is 3. The SMILES string of the molecule is CC.CC.Cc1c(Cc2c(C)c(C)[n+](Cc3ccc(CN4/C(=N/NC5=Nc6ccccc6C5)Cc5ccccc54)cc3)c(C)c2C)c(C)c(C)[n+](C)c1C. The van der Waals surface area contributed by atoms with E-state index in [-0.39, 0.29) is 0 Å². The van der Waals surface area contributed by atoms with Crippen LogP contribution in [-0.4, -0.2) is 11.7 Å². The lowest BCUT2D eigenvalue weighted by Gasteiger charge is -2.21. The summed E-state index contributed by atoms with van der Waals surface area (Å²) in [5.74, 6) is 1.91. The number of para-hydroxylation sites is 2. The van der Waals surface area contributed by atoms with Gasteiger partial charge in [-0.25, -0.2) is 9.56 Å². The molecule has 0 bridgehead atoms. The van der Waals surface area contributed by atoms with Gasteiger partial charge >= 0.3 is 0 Å². The standard InChI is InChI=1S/C44H50N6.2C2H6/c1-27-31(5)48(9)32(6)28(2)39(27)24-40-29(3)33(7)49(34(8)30(40)4)25-35-18-20-36(21-19-35)26-50-42-17-13-11-15-38(42)23-44(50)47-46-43-22-37-14-10-12-16-41(37)45-43;2*1-2/h10-21H,22-26H2,1-9H3,(H,45,46);2*1-2H3/q+2;;/b47-44+;;. The summed E-state index contributed by atoms with van der Waals surface area (Å²) < 4.78 is 4.83. The van der Waals surface area contributed by atoms with Crippen LogP contribution in [0.5, 0.6) is 0 Å². The van der Waals surface area contributed by atoms with Gasteiger partial charge in [-0.05, 0) is 74.1 Å². The summed E-state index contributed by atoms with van der Waals surface area (Å²) >= 11 is 0. The van der Waals surface area contributed by atoms with Gasteiger partial charge in [0.1, 0.15) is 18.7 Å². The Morgan fingerprint density at radius 2 is 1.15 bits per heavy atom. The van der Waals surface area contributed by atoms with Gasteiger partial charge in [-0.2, -0.15) is 9.67 Å². The van der Waals surface area contributed by atoms with Crippen molar-refractivity contribution in [2.45, 2.75) is 115 Å². The number of aliphatic imine (C=N–C) groups is 1. The second-order valence-electron chi connectivity index (χ2n) is 14.3. The fourth-order valence-corrected chi connectivity index (χ4v) is 7.84. The van der Waals surface area contributed by atoms with Crippen molar-refractivity contribution in [3.8, 4) is 0 Å². The van der Waals surface area contributed by atoms with Crippen LogP contribution in [0.2, 0.25) is 0 Å². The molecular weight excluding hydrogens is 661 g/mol. The molecule has 54 heavy (non-hydrogen) atoms. The maximum Gasteiger partial charge on any atom is 0.181 e. The summed E-state index contributed by atoms with van der Waals surface area (Å²) in [6.45, 7) is 27.9. The Bertz CT molecular complexity index is 2150. The zero-order valence-corrected chi connectivity index (χ0v) is 35.2. The minimum Gasteiger partial charge on any atom is -0.323 e. The van der Waals surface area contributed by atoms with E-state index in [1.807, 2.05) is 33.8 Å². The maximum absolute atomic E-state index is 4.90. The zero-order chi connectivity index (χ0) is 39.3. The van der Waals surface area contributed by atoms with Crippen molar-refractivity contribution in [2.24, 2.45) is 17.1 Å². The van der Waals surface area contributed by atoms with Crippen LogP contribution in [0.25, 0.3) is 0 Å². The van der Waals surface area contributed by atoms with Gasteiger partial charge in [0, 0.05) is 80.6 Å². The molecule has 5 aromatic rings. The molecule has 2 aromatic heterocycles. The predicted molar refractivity (Wildman–Crippen MR) is 227 cm³/mol. The fourth-order valence-electron chi connectivity index (χ4n) is 7.84. The summed E-state index contributed by atoms with van der Waals surface area (Å²) in [4.78, 5) is 7.10. The Hall–Kier alpha value is -5.10. The van der Waals surface area contributed by atoms with Gasteiger partial charge in [-0.1, -0.05) is 88.4 Å². The third kappa shape index (κ3) is 7.89. The minimum atomic E-state index is 0.762. The molecule has 1 N–H and O–H groups in total. The number of amidine groups is 2. The van der Waals surface area contributed by atoms with Crippen LogP contribution in [0.4, 0.5) is 11.4 Å². The van der Waals surface area contributed by atoms with Gasteiger partial charge in [0.2, 0.25) is 0 Å². The third-order valence-electron chi connectivity index (χ3n) is 11.7. The second kappa shape index (κ2) is 17.4. The van der Waals surface area contributed by atoms with Crippen LogP contribution in [0.1, 0.15) is 106 Å². The molecule has 0 radical (unpaired) electrons. The lowest BCUT2D eigenvalue weighted by molar-refractivity contribution is -0.700. The van der Waals surface area contributed by atoms with Crippen LogP contribution >= 0.6 is 0 Å². The van der Waals surface area contributed by atoms with Crippen molar-refractivity contribution in [3.05, 3.63) is 151 Å². The topological polar surface area (TPSA) is 47.8 Å². The number of nitrogens with zero attached hydrogens (tertiary/aromatic N) is 5. The second-order valence-corrected chi connectivity index (χ2v) is 14.3. The Labute approximate surface area is 325 Å². The quantitative estimate of drug-likeness (QED) is 0.134. The molecule has 0 spiro atoms. The normalized spacial score (nSPS) is 13.5. The van der Waals surface area contributed by atoms with E-state index in [2.05, 4.69) is 149 Å². The Morgan fingerprint density at radius 3 is 1.74 bits per heavy atom. The number of hydrogen-bond acceptors (Lipinski definition) is 3. The van der Waals surface area contributed by atoms with Crippen LogP contribution in [-0.2, 0) is 39.4 Å². The lowest BCUT2D eigenvalue weighted by Crippen LogP contribution is -2.43. The smallest absolute Gasteiger partial charge is 0.181 e. The van der Waals surface area contributed by atoms with Gasteiger partial charge in [0.15, 0.2) is 29.3 Å². The first kappa shape index (κ1) is 40.1. The average molecular weight is 723 g/mol. The molecule has 0 aliphatic carbocycles. The van der Waals surface area contributed by atoms with Gasteiger partial charge in [0.25, 0.3) is 0 Å². The highest BCUT2D eigenvalue weighted by Gasteiger charge is 2.28. The monoisotopic (exact) mass is 723 g/mol. The van der Waals surface area contributed by atoms with Crippen LogP contribution in [0, 0.1) is 55.4 Å². The fraction of sp³-hybridized carbons (Fsp3) is 0.375. The number of pyridine rings is 2. The van der Waals surface area contributed by atoms with Gasteiger partial charge in [0.05, 0.1) is 5.69 Å². The van der Waals surface area contributed by atoms with E-state index >= 15 is 0 Å². The maximum atomic E-state index is 4.90. The summed E-state index contributed by atoms with van der Waals surface area (Å²) in [6.07, 6.45) is 2.55. The zero-order valence-electron chi connectivity index (χ0n) is 35.2.